The van der Waals surface area contributed by atoms with Crippen molar-refractivity contribution < 1.29 is 9.59 Å². The van der Waals surface area contributed by atoms with Crippen LogP contribution in [0.4, 0.5) is 0 Å². The molecule has 0 spiro atoms. The molecule has 1 rings (SSSR count). The summed E-state index contributed by atoms with van der Waals surface area (Å²) < 4.78 is 0. The molecule has 0 aromatic rings. The van der Waals surface area contributed by atoms with Gasteiger partial charge >= 0.3 is 0 Å². The Balaban J connectivity index is 2.67. The van der Waals surface area contributed by atoms with Crippen molar-refractivity contribution in [3.63, 3.8) is 0 Å². The van der Waals surface area contributed by atoms with E-state index in [4.69, 9.17) is 11.5 Å². The molecule has 0 bridgehead atoms. The Bertz CT molecular complexity index is 183. The summed E-state index contributed by atoms with van der Waals surface area (Å²) in [5.74, 6) is -1.39. The van der Waals surface area contributed by atoms with Gasteiger partial charge in [-0.15, -0.1) is 0 Å². The average molecular weight is 171 g/mol. The summed E-state index contributed by atoms with van der Waals surface area (Å²) in [6, 6.07) is -0.573. The molecule has 5 nitrogen and oxygen atoms in total. The second-order valence-electron chi connectivity index (χ2n) is 2.99. The van der Waals surface area contributed by atoms with Crippen LogP contribution in [-0.2, 0) is 9.59 Å². The van der Waals surface area contributed by atoms with Gasteiger partial charge in [0.25, 0.3) is 0 Å². The van der Waals surface area contributed by atoms with Crippen molar-refractivity contribution in [2.24, 2.45) is 17.4 Å². The molecule has 12 heavy (non-hydrogen) atoms. The fourth-order valence-electron chi connectivity index (χ4n) is 1.49. The molecular formula is C7H13N3O2. The lowest BCUT2D eigenvalue weighted by Crippen LogP contribution is -2.53. The largest absolute Gasteiger partial charge is 0.369 e. The first-order valence-electron chi connectivity index (χ1n) is 3.95. The van der Waals surface area contributed by atoms with Gasteiger partial charge in [-0.25, -0.2) is 0 Å². The van der Waals surface area contributed by atoms with Gasteiger partial charge in [0.1, 0.15) is 0 Å². The molecule has 2 amide bonds. The van der Waals surface area contributed by atoms with Crippen LogP contribution < -0.4 is 16.8 Å². The van der Waals surface area contributed by atoms with Crippen molar-refractivity contribution in [2.75, 3.05) is 6.54 Å². The minimum absolute atomic E-state index is 0.434. The van der Waals surface area contributed by atoms with E-state index in [1.165, 1.54) is 0 Å². The third-order valence-corrected chi connectivity index (χ3v) is 2.13. The van der Waals surface area contributed by atoms with Crippen LogP contribution in [0.3, 0.4) is 0 Å². The number of nitrogens with one attached hydrogen (secondary N) is 1. The quantitative estimate of drug-likeness (QED) is 0.463. The first kappa shape index (κ1) is 8.99. The molecule has 1 aliphatic heterocycles. The lowest BCUT2D eigenvalue weighted by atomic mass is 9.90. The van der Waals surface area contributed by atoms with E-state index in [1.807, 2.05) is 0 Å². The third kappa shape index (κ3) is 1.73. The van der Waals surface area contributed by atoms with E-state index in [1.54, 1.807) is 0 Å². The van der Waals surface area contributed by atoms with Crippen LogP contribution in [0, 0.1) is 5.92 Å². The van der Waals surface area contributed by atoms with Crippen molar-refractivity contribution in [1.82, 2.24) is 5.32 Å². The Morgan fingerprint density at radius 3 is 2.33 bits per heavy atom. The van der Waals surface area contributed by atoms with E-state index in [9.17, 15) is 9.59 Å². The van der Waals surface area contributed by atoms with Gasteiger partial charge in [-0.05, 0) is 19.4 Å². The van der Waals surface area contributed by atoms with Gasteiger partial charge in [0.05, 0.1) is 12.0 Å². The SMILES string of the molecule is NC(=O)C1CCCNC1C(N)=O. The molecule has 0 saturated carbocycles. The predicted molar refractivity (Wildman–Crippen MR) is 42.9 cm³/mol. The molecule has 2 unspecified atom stereocenters. The zero-order chi connectivity index (χ0) is 9.14. The molecule has 5 N–H and O–H groups in total. The molecule has 0 aromatic heterocycles. The van der Waals surface area contributed by atoms with Gasteiger partial charge < -0.3 is 16.8 Å². The molecule has 1 fully saturated rings. The average Bonchev–Trinajstić information content (AvgIpc) is 2.04. The molecule has 0 aromatic carbocycles. The van der Waals surface area contributed by atoms with E-state index in [0.717, 1.165) is 13.0 Å². The summed E-state index contributed by atoms with van der Waals surface area (Å²) >= 11 is 0. The molecule has 5 heteroatoms. The van der Waals surface area contributed by atoms with Gasteiger partial charge in [0.2, 0.25) is 11.8 Å². The lowest BCUT2D eigenvalue weighted by molar-refractivity contribution is -0.130. The second-order valence-corrected chi connectivity index (χ2v) is 2.99. The molecule has 0 radical (unpaired) electrons. The van der Waals surface area contributed by atoms with Gasteiger partial charge in [0, 0.05) is 0 Å². The van der Waals surface area contributed by atoms with Crippen LogP contribution in [0.1, 0.15) is 12.8 Å². The minimum atomic E-state index is -0.573. The van der Waals surface area contributed by atoms with E-state index >= 15 is 0 Å². The summed E-state index contributed by atoms with van der Waals surface area (Å²) in [5.41, 5.74) is 10.2. The van der Waals surface area contributed by atoms with E-state index in [2.05, 4.69) is 5.32 Å². The van der Waals surface area contributed by atoms with Crippen molar-refractivity contribution >= 4 is 11.8 Å². The fourth-order valence-corrected chi connectivity index (χ4v) is 1.49. The molecule has 0 aliphatic carbocycles. The van der Waals surface area contributed by atoms with Gasteiger partial charge in [-0.2, -0.15) is 0 Å². The second kappa shape index (κ2) is 3.53. The summed E-state index contributed by atoms with van der Waals surface area (Å²) in [4.78, 5) is 21.7. The zero-order valence-electron chi connectivity index (χ0n) is 6.75. The molecule has 68 valence electrons. The third-order valence-electron chi connectivity index (χ3n) is 2.13. The molecular weight excluding hydrogens is 158 g/mol. The Morgan fingerprint density at radius 2 is 1.92 bits per heavy atom. The van der Waals surface area contributed by atoms with Crippen molar-refractivity contribution in [3.8, 4) is 0 Å². The topological polar surface area (TPSA) is 98.2 Å². The van der Waals surface area contributed by atoms with Crippen LogP contribution in [0.25, 0.3) is 0 Å². The highest BCUT2D eigenvalue weighted by atomic mass is 16.2. The maximum Gasteiger partial charge on any atom is 0.235 e. The summed E-state index contributed by atoms with van der Waals surface area (Å²) in [5, 5.41) is 2.87. The van der Waals surface area contributed by atoms with E-state index < -0.39 is 23.8 Å². The Hall–Kier alpha value is -1.10. The number of amides is 2. The van der Waals surface area contributed by atoms with Crippen LogP contribution >= 0.6 is 0 Å². The van der Waals surface area contributed by atoms with Crippen molar-refractivity contribution in [1.29, 1.82) is 0 Å². The zero-order valence-corrected chi connectivity index (χ0v) is 6.75. The number of nitrogens with two attached hydrogens (primary N) is 2. The maximum absolute atomic E-state index is 10.8. The number of piperidine rings is 1. The molecule has 1 aliphatic rings. The van der Waals surface area contributed by atoms with Gasteiger partial charge in [0.15, 0.2) is 0 Å². The maximum atomic E-state index is 10.8. The van der Waals surface area contributed by atoms with Crippen LogP contribution in [0.15, 0.2) is 0 Å². The smallest absolute Gasteiger partial charge is 0.235 e. The molecule has 2 atom stereocenters. The summed E-state index contributed by atoms with van der Waals surface area (Å²) in [6.07, 6.45) is 1.51. The standard InChI is InChI=1S/C7H13N3O2/c8-6(11)4-2-1-3-10-5(4)7(9)12/h4-5,10H,1-3H2,(H2,8,11)(H2,9,12). The highest BCUT2D eigenvalue weighted by molar-refractivity contribution is 5.88. The number of carbonyl (C=O) groups excluding carboxylic acids is 2. The highest BCUT2D eigenvalue weighted by Crippen LogP contribution is 2.15. The van der Waals surface area contributed by atoms with E-state index in [0.29, 0.717) is 6.42 Å². The van der Waals surface area contributed by atoms with E-state index in [-0.39, 0.29) is 0 Å². The van der Waals surface area contributed by atoms with Gasteiger partial charge in [-0.1, -0.05) is 0 Å². The Labute approximate surface area is 70.5 Å². The first-order valence-corrected chi connectivity index (χ1v) is 3.95. The number of hydrogen-bond donors (Lipinski definition) is 3. The monoisotopic (exact) mass is 171 g/mol. The predicted octanol–water partition coefficient (Wildman–Crippen LogP) is -1.67. The first-order chi connectivity index (χ1) is 5.63. The van der Waals surface area contributed by atoms with Crippen LogP contribution in [0.5, 0.6) is 0 Å². The van der Waals surface area contributed by atoms with Crippen molar-refractivity contribution in [3.05, 3.63) is 0 Å². The van der Waals surface area contributed by atoms with Crippen LogP contribution in [-0.4, -0.2) is 24.4 Å². The lowest BCUT2D eigenvalue weighted by Gasteiger charge is -2.27. The fraction of sp³-hybridized carbons (Fsp3) is 0.714. The normalized spacial score (nSPS) is 29.7. The number of rotatable bonds is 2. The minimum Gasteiger partial charge on any atom is -0.369 e. The van der Waals surface area contributed by atoms with Gasteiger partial charge in [-0.3, -0.25) is 9.59 Å². The number of carbonyl (C=O) groups is 2. The van der Waals surface area contributed by atoms with Crippen molar-refractivity contribution in [2.45, 2.75) is 18.9 Å². The summed E-state index contributed by atoms with van der Waals surface area (Å²) in [6.45, 7) is 0.720. The number of primary amides is 2. The molecule has 1 saturated heterocycles. The summed E-state index contributed by atoms with van der Waals surface area (Å²) in [7, 11) is 0. The highest BCUT2D eigenvalue weighted by Gasteiger charge is 2.32. The molecule has 1 heterocycles. The Morgan fingerprint density at radius 1 is 1.25 bits per heavy atom. The van der Waals surface area contributed by atoms with Crippen LogP contribution in [0.2, 0.25) is 0 Å². The number of hydrogen-bond acceptors (Lipinski definition) is 3. The Kier molecular flexibility index (Phi) is 2.65.